The summed E-state index contributed by atoms with van der Waals surface area (Å²) in [6, 6.07) is 22.9. The molecule has 0 aromatic heterocycles. The summed E-state index contributed by atoms with van der Waals surface area (Å²) in [5.41, 5.74) is 5.78. The van der Waals surface area contributed by atoms with Crippen LogP contribution in [0.5, 0.6) is 17.2 Å². The van der Waals surface area contributed by atoms with Crippen LogP contribution < -0.4 is 9.47 Å². The maximum absolute atomic E-state index is 15.2. The summed E-state index contributed by atoms with van der Waals surface area (Å²) in [4.78, 5) is 34.2. The van der Waals surface area contributed by atoms with Crippen LogP contribution >= 0.6 is 0 Å². The Kier molecular flexibility index (Phi) is 16.6. The predicted molar refractivity (Wildman–Crippen MR) is 265 cm³/mol. The van der Waals surface area contributed by atoms with E-state index in [9.17, 15) is 24.7 Å². The van der Waals surface area contributed by atoms with Crippen molar-refractivity contribution in [1.82, 2.24) is 4.90 Å². The zero-order valence-electron chi connectivity index (χ0n) is 40.1. The number of nitro groups is 1. The number of rotatable bonds is 21. The first-order chi connectivity index (χ1) is 34.0. The first-order valence-corrected chi connectivity index (χ1v) is 24.6. The molecule has 1 saturated heterocycles. The molecule has 70 heavy (non-hydrogen) atoms. The van der Waals surface area contributed by atoms with E-state index >= 15 is 4.79 Å². The number of aliphatic hydroxyl groups excluding tert-OH is 2. The van der Waals surface area contributed by atoms with E-state index in [0.717, 1.165) is 60.8 Å². The number of ether oxygens (including phenoxy) is 4. The molecule has 370 valence electrons. The maximum Gasteiger partial charge on any atom is 0.269 e. The number of carbonyl (C=O) groups is 1. The number of non-ortho nitro benzene ring substituents is 1. The molecule has 2 aliphatic carbocycles. The van der Waals surface area contributed by atoms with Gasteiger partial charge in [-0.1, -0.05) is 48.3 Å². The summed E-state index contributed by atoms with van der Waals surface area (Å²) < 4.78 is 41.7. The van der Waals surface area contributed by atoms with Crippen LogP contribution in [0, 0.1) is 47.5 Å². The van der Waals surface area contributed by atoms with Crippen LogP contribution in [-0.2, 0) is 25.7 Å². The number of halogens is 1. The van der Waals surface area contributed by atoms with Crippen LogP contribution in [-0.4, -0.2) is 76.2 Å². The largest absolute Gasteiger partial charge is 0.459 e. The van der Waals surface area contributed by atoms with Gasteiger partial charge in [-0.25, -0.2) is 4.39 Å². The number of unbranched alkanes of at least 4 members (excludes halogenated alkanes) is 2. The number of aryl methyl sites for hydroxylation is 2. The summed E-state index contributed by atoms with van der Waals surface area (Å²) in [5, 5.41) is 36.5. The molecule has 4 aromatic carbocycles. The van der Waals surface area contributed by atoms with Gasteiger partial charge < -0.3 is 38.9 Å². The average molecular weight is 958 g/mol. The number of benzene rings is 4. The molecule has 8 rings (SSSR count). The summed E-state index contributed by atoms with van der Waals surface area (Å²) >= 11 is 0. The van der Waals surface area contributed by atoms with E-state index in [1.54, 1.807) is 41.3 Å². The molecule has 1 saturated carbocycles. The third-order valence-corrected chi connectivity index (χ3v) is 14.2. The Morgan fingerprint density at radius 3 is 2.40 bits per heavy atom. The normalized spacial score (nSPS) is 24.2. The third-order valence-electron chi connectivity index (χ3n) is 14.2. The fourth-order valence-electron chi connectivity index (χ4n) is 10.6. The molecule has 2 N–H and O–H groups in total. The molecule has 4 aromatic rings. The van der Waals surface area contributed by atoms with Crippen molar-refractivity contribution in [1.29, 1.82) is 0 Å². The Morgan fingerprint density at radius 1 is 0.957 bits per heavy atom. The minimum Gasteiger partial charge on any atom is -0.459 e. The highest BCUT2D eigenvalue weighted by molar-refractivity contribution is 6.03. The van der Waals surface area contributed by atoms with Crippen LogP contribution in [0.4, 0.5) is 10.1 Å². The number of fused-ring (bicyclic) bond motifs is 2. The van der Waals surface area contributed by atoms with E-state index < -0.39 is 40.7 Å². The molecule has 4 aliphatic rings. The van der Waals surface area contributed by atoms with Crippen LogP contribution in [0.3, 0.4) is 0 Å². The number of nitro benzene ring substituents is 1. The van der Waals surface area contributed by atoms with Crippen molar-refractivity contribution in [2.75, 3.05) is 26.4 Å². The summed E-state index contributed by atoms with van der Waals surface area (Å²) in [6.45, 7) is 8.90. The number of hydrogen-bond acceptors (Lipinski definition) is 11. The third kappa shape index (κ3) is 11.4. The van der Waals surface area contributed by atoms with Gasteiger partial charge in [0.25, 0.3) is 5.69 Å². The number of carbonyl (C=O) groups excluding carboxylic acids is 1. The van der Waals surface area contributed by atoms with E-state index in [-0.39, 0.29) is 56.2 Å². The minimum absolute atomic E-state index is 0.00290. The van der Waals surface area contributed by atoms with Crippen molar-refractivity contribution in [3.63, 3.8) is 0 Å². The lowest BCUT2D eigenvalue weighted by Crippen LogP contribution is -2.70. The van der Waals surface area contributed by atoms with Gasteiger partial charge in [-0.2, -0.15) is 0 Å². The van der Waals surface area contributed by atoms with Crippen LogP contribution in [0.1, 0.15) is 97.9 Å². The predicted octanol–water partition coefficient (Wildman–Crippen LogP) is 11.0. The topological polar surface area (TPSA) is 162 Å². The summed E-state index contributed by atoms with van der Waals surface area (Å²) in [6.07, 6.45) is 13.3. The Labute approximate surface area is 409 Å². The molecule has 7 atom stereocenters. The Bertz CT molecular complexity index is 2560. The van der Waals surface area contributed by atoms with Crippen molar-refractivity contribution in [3.05, 3.63) is 159 Å². The standard InChI is InChI=1S/C56H64FN3O10/c1-4-30-67-56-51(59(36-40-15-20-42(57)21-16-40)52(63)27-19-39-17-22-43(23-18-39)60(64)65)35-49(58-70-53-13-7-10-31-66-53)47-33-41(11-5-8-28-61)46(12-6-9-29-62)54(55(47)56)48-34-45(25-26-50(48)69-56)68-44-24-14-37(2)38(3)32-44/h4,14-27,32-34,41,46,51,53-55,61-62H,1,5-13,28-31,35-36H2,2-3H3/t41-,46+,51-,53?,54+,55+,56+/m0/s1. The first kappa shape index (κ1) is 50.2. The molecule has 0 radical (unpaired) electrons. The number of hydrogen-bond donors (Lipinski definition) is 2. The van der Waals surface area contributed by atoms with E-state index in [0.29, 0.717) is 60.0 Å². The molecular formula is C56H64FN3O10. The van der Waals surface area contributed by atoms with Crippen molar-refractivity contribution < 1.29 is 48.1 Å². The number of amides is 1. The van der Waals surface area contributed by atoms with Gasteiger partial charge in [-0.05, 0) is 153 Å². The molecule has 2 aliphatic heterocycles. The average Bonchev–Trinajstić information content (AvgIpc) is 3.37. The van der Waals surface area contributed by atoms with Gasteiger partial charge in [0.15, 0.2) is 0 Å². The fourth-order valence-corrected chi connectivity index (χ4v) is 10.6. The summed E-state index contributed by atoms with van der Waals surface area (Å²) in [7, 11) is 0. The van der Waals surface area contributed by atoms with Gasteiger partial charge in [0, 0.05) is 62.3 Å². The first-order valence-electron chi connectivity index (χ1n) is 24.6. The van der Waals surface area contributed by atoms with Crippen molar-refractivity contribution in [2.45, 2.75) is 109 Å². The second-order valence-electron chi connectivity index (χ2n) is 18.8. The Hall–Kier alpha value is -6.19. The highest BCUT2D eigenvalue weighted by atomic mass is 19.1. The fraction of sp³-hybridized carbons (Fsp3) is 0.429. The van der Waals surface area contributed by atoms with E-state index in [4.69, 9.17) is 28.9 Å². The Balaban J connectivity index is 1.34. The molecule has 1 amide bonds. The zero-order valence-corrected chi connectivity index (χ0v) is 40.1. The maximum atomic E-state index is 15.2. The van der Waals surface area contributed by atoms with E-state index in [1.165, 1.54) is 30.3 Å². The molecular weight excluding hydrogens is 894 g/mol. The molecule has 13 nitrogen and oxygen atoms in total. The second-order valence-corrected chi connectivity index (χ2v) is 18.8. The highest BCUT2D eigenvalue weighted by Crippen LogP contribution is 2.62. The smallest absolute Gasteiger partial charge is 0.269 e. The SMILES string of the molecule is C=CCO[C@@]12Oc3ccc(Oc4ccc(C)c(C)c4)cc3[C@H]3[C@H](CCCCO)[C@@H](CCCCO)C=C(C(=NOC4CCCCO4)C[C@@H]1N(Cc1ccc(F)cc1)C(=O)C=Cc1ccc([N+](=O)[O-])cc1)[C@H]32. The number of aliphatic hydroxyl groups is 2. The monoisotopic (exact) mass is 957 g/mol. The molecule has 14 heteroatoms. The van der Waals surface area contributed by atoms with Gasteiger partial charge in [0.1, 0.15) is 29.1 Å². The molecule has 2 heterocycles. The highest BCUT2D eigenvalue weighted by Gasteiger charge is 2.65. The van der Waals surface area contributed by atoms with Crippen LogP contribution in [0.25, 0.3) is 6.08 Å². The van der Waals surface area contributed by atoms with Gasteiger partial charge in [0.2, 0.25) is 18.0 Å². The Morgan fingerprint density at radius 2 is 1.70 bits per heavy atom. The van der Waals surface area contributed by atoms with Gasteiger partial charge in [-0.3, -0.25) is 14.9 Å². The van der Waals surface area contributed by atoms with Crippen molar-refractivity contribution in [2.24, 2.45) is 22.9 Å². The van der Waals surface area contributed by atoms with E-state index in [2.05, 4.69) is 25.6 Å². The molecule has 2 fully saturated rings. The lowest BCUT2D eigenvalue weighted by Gasteiger charge is -2.60. The number of oxime groups is 1. The van der Waals surface area contributed by atoms with Crippen molar-refractivity contribution in [3.8, 4) is 17.2 Å². The van der Waals surface area contributed by atoms with Gasteiger partial charge in [0.05, 0.1) is 29.8 Å². The van der Waals surface area contributed by atoms with Gasteiger partial charge in [-0.15, -0.1) is 6.58 Å². The molecule has 0 bridgehead atoms. The van der Waals surface area contributed by atoms with Crippen LogP contribution in [0.2, 0.25) is 0 Å². The van der Waals surface area contributed by atoms with Gasteiger partial charge >= 0.3 is 0 Å². The molecule has 1 unspecified atom stereocenters. The quantitative estimate of drug-likeness (QED) is 0.0270. The summed E-state index contributed by atoms with van der Waals surface area (Å²) in [5.74, 6) is -1.47. The molecule has 0 spiro atoms. The number of allylic oxidation sites excluding steroid dienone is 1. The number of nitrogens with zero attached hydrogens (tertiary/aromatic N) is 3. The second kappa shape index (κ2) is 23.2. The lowest BCUT2D eigenvalue weighted by molar-refractivity contribution is -0.384. The van der Waals surface area contributed by atoms with E-state index in [1.807, 2.05) is 37.3 Å². The van der Waals surface area contributed by atoms with Crippen molar-refractivity contribution >= 4 is 23.4 Å². The lowest BCUT2D eigenvalue weighted by atomic mass is 9.55. The minimum atomic E-state index is -1.57. The van der Waals surface area contributed by atoms with Crippen LogP contribution in [0.15, 0.2) is 120 Å². The zero-order chi connectivity index (χ0) is 49.2.